The molecule has 0 amide bonds. The van der Waals surface area contributed by atoms with Crippen molar-refractivity contribution in [1.29, 1.82) is 10.8 Å². The molecule has 4 rings (SSSR count). The Bertz CT molecular complexity index is 1420. The van der Waals surface area contributed by atoms with E-state index in [4.69, 9.17) is 35.5 Å². The zero-order valence-electron chi connectivity index (χ0n) is 25.9. The Morgan fingerprint density at radius 2 is 1.20 bits per heavy atom. The maximum atomic E-state index is 8.85. The zero-order valence-corrected chi connectivity index (χ0v) is 27.6. The first-order valence-electron chi connectivity index (χ1n) is 15.4. The highest BCUT2D eigenvalue weighted by atomic mass is 32.2. The molecular weight excluding hydrogens is 593 g/mol. The normalized spacial score (nSPS) is 12.3. The fourth-order valence-corrected chi connectivity index (χ4v) is 6.88. The van der Waals surface area contributed by atoms with E-state index in [0.29, 0.717) is 68.0 Å². The van der Waals surface area contributed by atoms with Gasteiger partial charge in [-0.1, -0.05) is 54.7 Å². The van der Waals surface area contributed by atoms with Crippen molar-refractivity contribution in [3.63, 3.8) is 0 Å². The topological polar surface area (TPSA) is 123 Å². The van der Waals surface area contributed by atoms with Gasteiger partial charge in [0, 0.05) is 41.9 Å². The van der Waals surface area contributed by atoms with Crippen LogP contribution in [0, 0.1) is 10.8 Å². The summed E-state index contributed by atoms with van der Waals surface area (Å²) in [6, 6.07) is 16.3. The SMILES string of the molecule is CCOCCCCOc1c(Sc2ccc(CC)cc2)c(Sc2ccccc2N)c(OCCCCOCC)c2c1C(=N)NC2=N. The molecule has 0 fully saturated rings. The second-order valence-electron chi connectivity index (χ2n) is 10.2. The molecule has 0 aromatic heterocycles. The number of anilines is 1. The van der Waals surface area contributed by atoms with Crippen LogP contribution in [0.5, 0.6) is 11.5 Å². The van der Waals surface area contributed by atoms with Crippen molar-refractivity contribution in [1.82, 2.24) is 5.32 Å². The number of hydrogen-bond donors (Lipinski definition) is 4. The average Bonchev–Trinajstić information content (AvgIpc) is 3.33. The monoisotopic (exact) mass is 636 g/mol. The highest BCUT2D eigenvalue weighted by Gasteiger charge is 2.36. The van der Waals surface area contributed by atoms with E-state index in [9.17, 15) is 0 Å². The molecule has 0 spiro atoms. The second-order valence-corrected chi connectivity index (χ2v) is 12.3. The number of nitrogens with two attached hydrogens (primary N) is 1. The third-order valence-electron chi connectivity index (χ3n) is 7.02. The molecule has 0 unspecified atom stereocenters. The summed E-state index contributed by atoms with van der Waals surface area (Å²) in [4.78, 5) is 3.59. The van der Waals surface area contributed by atoms with Gasteiger partial charge in [-0.3, -0.25) is 10.8 Å². The van der Waals surface area contributed by atoms with Crippen molar-refractivity contribution in [2.45, 2.75) is 72.5 Å². The lowest BCUT2D eigenvalue weighted by Crippen LogP contribution is -2.20. The molecule has 3 aromatic rings. The molecule has 0 aliphatic carbocycles. The van der Waals surface area contributed by atoms with Gasteiger partial charge in [-0.25, -0.2) is 0 Å². The van der Waals surface area contributed by atoms with Crippen LogP contribution in [0.4, 0.5) is 5.69 Å². The van der Waals surface area contributed by atoms with E-state index in [1.54, 1.807) is 11.8 Å². The van der Waals surface area contributed by atoms with E-state index in [-0.39, 0.29) is 11.7 Å². The molecule has 0 bridgehead atoms. The van der Waals surface area contributed by atoms with Crippen molar-refractivity contribution < 1.29 is 18.9 Å². The van der Waals surface area contributed by atoms with Gasteiger partial charge in [0.25, 0.3) is 0 Å². The molecule has 3 aromatic carbocycles. The fraction of sp³-hybridized carbons (Fsp3) is 0.412. The van der Waals surface area contributed by atoms with Crippen molar-refractivity contribution in [3.05, 3.63) is 65.2 Å². The van der Waals surface area contributed by atoms with Gasteiger partial charge in [-0.15, -0.1) is 0 Å². The predicted octanol–water partition coefficient (Wildman–Crippen LogP) is 7.78. The number of ether oxygens (including phenoxy) is 4. The van der Waals surface area contributed by atoms with Crippen LogP contribution in [0.3, 0.4) is 0 Å². The summed E-state index contributed by atoms with van der Waals surface area (Å²) >= 11 is 3.09. The number of para-hydroxylation sites is 1. The Labute approximate surface area is 269 Å². The Balaban J connectivity index is 1.84. The number of hydrogen-bond acceptors (Lipinski definition) is 9. The van der Waals surface area contributed by atoms with Crippen LogP contribution in [0.1, 0.15) is 63.1 Å². The molecule has 0 saturated heterocycles. The number of rotatable bonds is 19. The molecule has 236 valence electrons. The molecule has 5 N–H and O–H groups in total. The minimum atomic E-state index is 0.127. The van der Waals surface area contributed by atoms with Crippen molar-refractivity contribution >= 4 is 40.9 Å². The van der Waals surface area contributed by atoms with E-state index in [1.165, 1.54) is 17.3 Å². The van der Waals surface area contributed by atoms with Gasteiger partial charge in [0.1, 0.15) is 23.2 Å². The molecule has 10 heteroatoms. The number of fused-ring (bicyclic) bond motifs is 1. The number of benzene rings is 3. The van der Waals surface area contributed by atoms with Crippen LogP contribution in [-0.2, 0) is 15.9 Å². The van der Waals surface area contributed by atoms with Crippen molar-refractivity contribution in [3.8, 4) is 11.5 Å². The summed E-state index contributed by atoms with van der Waals surface area (Å²) in [5.74, 6) is 1.42. The van der Waals surface area contributed by atoms with E-state index in [1.807, 2.05) is 38.1 Å². The molecule has 0 radical (unpaired) electrons. The third kappa shape index (κ3) is 8.72. The Kier molecular flexibility index (Phi) is 13.3. The van der Waals surface area contributed by atoms with Gasteiger partial charge in [0.15, 0.2) is 0 Å². The van der Waals surface area contributed by atoms with Crippen LogP contribution in [-0.4, -0.2) is 51.3 Å². The van der Waals surface area contributed by atoms with Crippen LogP contribution in [0.2, 0.25) is 0 Å². The minimum Gasteiger partial charge on any atom is -0.492 e. The number of unbranched alkanes of at least 4 members (excludes halogenated alkanes) is 2. The molecule has 0 saturated carbocycles. The fourth-order valence-electron chi connectivity index (χ4n) is 4.69. The molecule has 1 aliphatic heterocycles. The number of amidine groups is 2. The first kappa shape index (κ1) is 33.7. The molecule has 0 atom stereocenters. The zero-order chi connectivity index (χ0) is 31.3. The lowest BCUT2D eigenvalue weighted by Gasteiger charge is -2.23. The molecule has 1 aliphatic rings. The van der Waals surface area contributed by atoms with Gasteiger partial charge in [0.2, 0.25) is 0 Å². The third-order valence-corrected chi connectivity index (χ3v) is 9.44. The molecule has 44 heavy (non-hydrogen) atoms. The maximum absolute atomic E-state index is 8.85. The van der Waals surface area contributed by atoms with E-state index in [2.05, 4.69) is 36.5 Å². The summed E-state index contributed by atoms with van der Waals surface area (Å²) in [5.41, 5.74) is 9.47. The lowest BCUT2D eigenvalue weighted by molar-refractivity contribution is 0.138. The van der Waals surface area contributed by atoms with Crippen molar-refractivity contribution in [2.75, 3.05) is 45.4 Å². The highest BCUT2D eigenvalue weighted by Crippen LogP contribution is 2.54. The first-order valence-corrected chi connectivity index (χ1v) is 17.0. The Hall–Kier alpha value is -3.18. The molecule has 8 nitrogen and oxygen atoms in total. The first-order chi connectivity index (χ1) is 21.5. The van der Waals surface area contributed by atoms with Crippen LogP contribution >= 0.6 is 23.5 Å². The molecular formula is C34H44N4O4S2. The van der Waals surface area contributed by atoms with Crippen molar-refractivity contribution in [2.24, 2.45) is 0 Å². The van der Waals surface area contributed by atoms with Crippen LogP contribution < -0.4 is 20.5 Å². The maximum Gasteiger partial charge on any atom is 0.146 e. The van der Waals surface area contributed by atoms with E-state index < -0.39 is 0 Å². The number of nitrogen functional groups attached to an aromatic ring is 1. The summed E-state index contributed by atoms with van der Waals surface area (Å²) in [6.07, 6.45) is 4.29. The predicted molar refractivity (Wildman–Crippen MR) is 181 cm³/mol. The summed E-state index contributed by atoms with van der Waals surface area (Å²) in [7, 11) is 0. The molecule has 1 heterocycles. The van der Waals surface area contributed by atoms with E-state index in [0.717, 1.165) is 51.7 Å². The second kappa shape index (κ2) is 17.3. The van der Waals surface area contributed by atoms with Gasteiger partial charge in [-0.05, 0) is 75.8 Å². The smallest absolute Gasteiger partial charge is 0.146 e. The summed E-state index contributed by atoms with van der Waals surface area (Å²) < 4.78 is 24.2. The van der Waals surface area contributed by atoms with Crippen LogP contribution in [0.15, 0.2) is 68.1 Å². The average molecular weight is 637 g/mol. The minimum absolute atomic E-state index is 0.127. The lowest BCUT2D eigenvalue weighted by atomic mass is 10.1. The van der Waals surface area contributed by atoms with E-state index >= 15 is 0 Å². The number of aryl methyl sites for hydroxylation is 1. The Morgan fingerprint density at radius 1 is 0.682 bits per heavy atom. The Morgan fingerprint density at radius 3 is 1.73 bits per heavy atom. The van der Waals surface area contributed by atoms with Crippen LogP contribution in [0.25, 0.3) is 0 Å². The standard InChI is InChI=1S/C34H44N4O4S2/c1-4-23-15-17-24(18-16-23)43-31-29(41-21-11-9-19-39-5-2)27-28(34(37)38-33(27)36)30(42-22-12-10-20-40-6-3)32(31)44-26-14-8-7-13-25(26)35/h7-8,13-18H,4-6,9-12,19-22,35H2,1-3H3,(H3,36,37,38). The van der Waals surface area contributed by atoms with Gasteiger partial charge in [-0.2, -0.15) is 0 Å². The van der Waals surface area contributed by atoms with Gasteiger partial charge < -0.3 is 30.0 Å². The summed E-state index contributed by atoms with van der Waals surface area (Å²) in [6.45, 7) is 9.75. The highest BCUT2D eigenvalue weighted by molar-refractivity contribution is 8.02. The largest absolute Gasteiger partial charge is 0.492 e. The number of nitrogens with one attached hydrogen (secondary N) is 3. The van der Waals surface area contributed by atoms with Gasteiger partial charge in [0.05, 0.1) is 34.1 Å². The van der Waals surface area contributed by atoms with Gasteiger partial charge >= 0.3 is 0 Å². The quantitative estimate of drug-likeness (QED) is 0.0777. The summed E-state index contributed by atoms with van der Waals surface area (Å²) in [5, 5.41) is 20.6.